The zero-order valence-electron chi connectivity index (χ0n) is 12.6. The summed E-state index contributed by atoms with van der Waals surface area (Å²) in [7, 11) is 1.92. The number of nitrogens with zero attached hydrogens (tertiary/aromatic N) is 2. The van der Waals surface area contributed by atoms with Crippen molar-refractivity contribution in [2.75, 3.05) is 7.05 Å². The highest BCUT2D eigenvalue weighted by Crippen LogP contribution is 2.20. The van der Waals surface area contributed by atoms with Crippen LogP contribution in [0, 0.1) is 0 Å². The average molecular weight is 283 g/mol. The molecular weight excluding hydrogens is 262 g/mol. The van der Waals surface area contributed by atoms with Crippen LogP contribution >= 0.6 is 0 Å². The number of aromatic nitrogens is 2. The van der Waals surface area contributed by atoms with Crippen molar-refractivity contribution in [3.63, 3.8) is 0 Å². The van der Waals surface area contributed by atoms with Crippen LogP contribution in [0.2, 0.25) is 0 Å². The first-order chi connectivity index (χ1) is 10.3. The number of para-hydroxylation sites is 2. The van der Waals surface area contributed by atoms with Gasteiger partial charge in [-0.2, -0.15) is 0 Å². The third-order valence-corrected chi connectivity index (χ3v) is 3.59. The summed E-state index contributed by atoms with van der Waals surface area (Å²) >= 11 is 0. The van der Waals surface area contributed by atoms with Gasteiger partial charge in [0.25, 0.3) is 0 Å². The lowest BCUT2D eigenvalue weighted by Crippen LogP contribution is -2.05. The van der Waals surface area contributed by atoms with E-state index in [9.17, 15) is 0 Å². The van der Waals surface area contributed by atoms with Gasteiger partial charge in [-0.05, 0) is 37.7 Å². The number of imidazole rings is 1. The van der Waals surface area contributed by atoms with Crippen molar-refractivity contribution in [2.24, 2.45) is 0 Å². The van der Waals surface area contributed by atoms with E-state index in [1.54, 1.807) is 0 Å². The Morgan fingerprint density at radius 1 is 1.14 bits per heavy atom. The maximum absolute atomic E-state index is 5.87. The van der Waals surface area contributed by atoms with E-state index >= 15 is 0 Å². The lowest BCUT2D eigenvalue weighted by atomic mass is 10.3. The van der Waals surface area contributed by atoms with E-state index in [0.29, 0.717) is 0 Å². The molecule has 3 rings (SSSR count). The first-order valence-electron chi connectivity index (χ1n) is 7.48. The van der Waals surface area contributed by atoms with Crippen LogP contribution in [-0.2, 0) is 19.5 Å². The minimum atomic E-state index is 0.736. The lowest BCUT2D eigenvalue weighted by molar-refractivity contribution is 0.443. The van der Waals surface area contributed by atoms with E-state index in [1.165, 1.54) is 5.52 Å². The fraction of sp³-hybridized carbons (Fsp3) is 0.353. The third kappa shape index (κ3) is 2.85. The third-order valence-electron chi connectivity index (χ3n) is 3.59. The highest BCUT2D eigenvalue weighted by Gasteiger charge is 2.11. The summed E-state index contributed by atoms with van der Waals surface area (Å²) in [5.74, 6) is 3.07. The van der Waals surface area contributed by atoms with Gasteiger partial charge in [-0.25, -0.2) is 4.98 Å². The Hall–Kier alpha value is -2.07. The molecule has 0 unspecified atom stereocenters. The molecule has 4 nitrogen and oxygen atoms in total. The number of nitrogens with one attached hydrogen (secondary N) is 1. The van der Waals surface area contributed by atoms with Crippen molar-refractivity contribution in [2.45, 2.75) is 32.9 Å². The fourth-order valence-electron chi connectivity index (χ4n) is 2.65. The topological polar surface area (TPSA) is 43.0 Å². The molecule has 0 saturated heterocycles. The Morgan fingerprint density at radius 2 is 1.95 bits per heavy atom. The van der Waals surface area contributed by atoms with Crippen molar-refractivity contribution < 1.29 is 4.42 Å². The summed E-state index contributed by atoms with van der Waals surface area (Å²) < 4.78 is 8.13. The Morgan fingerprint density at radius 3 is 2.76 bits per heavy atom. The minimum absolute atomic E-state index is 0.736. The second-order valence-electron chi connectivity index (χ2n) is 5.25. The number of hydrogen-bond donors (Lipinski definition) is 1. The SMILES string of the molecule is CCCc1nc2ccccc2n1Cc1ccc(CNC)o1. The van der Waals surface area contributed by atoms with Gasteiger partial charge < -0.3 is 14.3 Å². The van der Waals surface area contributed by atoms with Gasteiger partial charge in [0, 0.05) is 6.42 Å². The molecule has 0 aliphatic carbocycles. The maximum Gasteiger partial charge on any atom is 0.124 e. The second-order valence-corrected chi connectivity index (χ2v) is 5.25. The van der Waals surface area contributed by atoms with Crippen LogP contribution in [0.5, 0.6) is 0 Å². The zero-order chi connectivity index (χ0) is 14.7. The molecule has 110 valence electrons. The number of rotatable bonds is 6. The van der Waals surface area contributed by atoms with Crippen LogP contribution in [0.25, 0.3) is 11.0 Å². The molecule has 0 bridgehead atoms. The van der Waals surface area contributed by atoms with Gasteiger partial charge in [0.15, 0.2) is 0 Å². The van der Waals surface area contributed by atoms with Crippen LogP contribution in [0.4, 0.5) is 0 Å². The fourth-order valence-corrected chi connectivity index (χ4v) is 2.65. The van der Waals surface area contributed by atoms with Crippen molar-refractivity contribution in [3.8, 4) is 0 Å². The first-order valence-corrected chi connectivity index (χ1v) is 7.48. The Labute approximate surface area is 124 Å². The molecule has 0 fully saturated rings. The van der Waals surface area contributed by atoms with Crippen molar-refractivity contribution in [1.82, 2.24) is 14.9 Å². The molecule has 0 amide bonds. The summed E-state index contributed by atoms with van der Waals surface area (Å²) in [6.07, 6.45) is 2.07. The smallest absolute Gasteiger partial charge is 0.124 e. The molecule has 0 saturated carbocycles. The molecule has 21 heavy (non-hydrogen) atoms. The van der Waals surface area contributed by atoms with Gasteiger partial charge in [-0.15, -0.1) is 0 Å². The van der Waals surface area contributed by atoms with Crippen LogP contribution in [-0.4, -0.2) is 16.6 Å². The van der Waals surface area contributed by atoms with E-state index in [4.69, 9.17) is 9.40 Å². The summed E-state index contributed by atoms with van der Waals surface area (Å²) in [4.78, 5) is 4.75. The predicted octanol–water partition coefficient (Wildman–Crippen LogP) is 3.35. The summed E-state index contributed by atoms with van der Waals surface area (Å²) in [5.41, 5.74) is 2.23. The molecule has 1 aromatic carbocycles. The molecule has 0 atom stereocenters. The molecule has 3 aromatic rings. The molecule has 0 radical (unpaired) electrons. The van der Waals surface area contributed by atoms with E-state index in [2.05, 4.69) is 41.1 Å². The first kappa shape index (κ1) is 13.9. The number of furan rings is 1. The summed E-state index contributed by atoms with van der Waals surface area (Å²) in [6.45, 7) is 3.67. The van der Waals surface area contributed by atoms with Crippen molar-refractivity contribution in [1.29, 1.82) is 0 Å². The van der Waals surface area contributed by atoms with E-state index in [0.717, 1.165) is 48.8 Å². The molecule has 2 aromatic heterocycles. The number of fused-ring (bicyclic) bond motifs is 1. The molecule has 0 spiro atoms. The van der Waals surface area contributed by atoms with Crippen molar-refractivity contribution in [3.05, 3.63) is 53.7 Å². The molecule has 0 aliphatic rings. The predicted molar refractivity (Wildman–Crippen MR) is 84.3 cm³/mol. The zero-order valence-corrected chi connectivity index (χ0v) is 12.6. The molecule has 1 N–H and O–H groups in total. The van der Waals surface area contributed by atoms with Gasteiger partial charge in [0.2, 0.25) is 0 Å². The molecule has 0 aliphatic heterocycles. The van der Waals surface area contributed by atoms with Crippen molar-refractivity contribution >= 4 is 11.0 Å². The Bertz CT molecular complexity index is 727. The van der Waals surface area contributed by atoms with Gasteiger partial charge in [0.05, 0.1) is 24.1 Å². The molecule has 4 heteroatoms. The maximum atomic E-state index is 5.87. The number of hydrogen-bond acceptors (Lipinski definition) is 3. The number of aryl methyl sites for hydroxylation is 1. The number of benzene rings is 1. The standard InChI is InChI=1S/C17H21N3O/c1-3-6-17-19-15-7-4-5-8-16(15)20(17)12-14-10-9-13(21-14)11-18-2/h4-5,7-10,18H,3,6,11-12H2,1-2H3. The molecular formula is C17H21N3O. The quantitative estimate of drug-likeness (QED) is 0.754. The van der Waals surface area contributed by atoms with Gasteiger partial charge in [-0.3, -0.25) is 0 Å². The van der Waals surface area contributed by atoms with Crippen LogP contribution < -0.4 is 5.32 Å². The summed E-state index contributed by atoms with van der Waals surface area (Å²) in [6, 6.07) is 12.4. The van der Waals surface area contributed by atoms with Gasteiger partial charge >= 0.3 is 0 Å². The second kappa shape index (κ2) is 6.14. The van der Waals surface area contributed by atoms with E-state index < -0.39 is 0 Å². The van der Waals surface area contributed by atoms with Crippen LogP contribution in [0.3, 0.4) is 0 Å². The van der Waals surface area contributed by atoms with Gasteiger partial charge in [-0.1, -0.05) is 19.1 Å². The molecule has 2 heterocycles. The minimum Gasteiger partial charge on any atom is -0.463 e. The van der Waals surface area contributed by atoms with E-state index in [-0.39, 0.29) is 0 Å². The lowest BCUT2D eigenvalue weighted by Gasteiger charge is -2.06. The Balaban J connectivity index is 1.95. The highest BCUT2D eigenvalue weighted by molar-refractivity contribution is 5.76. The monoisotopic (exact) mass is 283 g/mol. The van der Waals surface area contributed by atoms with Gasteiger partial charge in [0.1, 0.15) is 17.3 Å². The summed E-state index contributed by atoms with van der Waals surface area (Å²) in [5, 5.41) is 3.10. The highest BCUT2D eigenvalue weighted by atomic mass is 16.3. The van der Waals surface area contributed by atoms with E-state index in [1.807, 2.05) is 19.2 Å². The van der Waals surface area contributed by atoms with Crippen LogP contribution in [0.1, 0.15) is 30.7 Å². The average Bonchev–Trinajstić information content (AvgIpc) is 3.06. The largest absolute Gasteiger partial charge is 0.463 e. The Kier molecular flexibility index (Phi) is 4.06. The van der Waals surface area contributed by atoms with Crippen LogP contribution in [0.15, 0.2) is 40.8 Å². The normalized spacial score (nSPS) is 11.3.